The summed E-state index contributed by atoms with van der Waals surface area (Å²) in [5.74, 6) is 0.739. The number of methoxy groups -OCH3 is 1. The first-order chi connectivity index (χ1) is 20.1. The topological polar surface area (TPSA) is 34.6 Å². The molecule has 0 N–H and O–H groups in total. The molecule has 0 bridgehead atoms. The Hall–Kier alpha value is -2.67. The van der Waals surface area contributed by atoms with Gasteiger partial charge in [-0.1, -0.05) is 65.2 Å². The van der Waals surface area contributed by atoms with Gasteiger partial charge in [0.25, 0.3) is 0 Å². The second-order valence-corrected chi connectivity index (χ2v) is 11.1. The van der Waals surface area contributed by atoms with Gasteiger partial charge in [-0.25, -0.2) is 13.4 Å². The molecule has 7 heteroatoms. The van der Waals surface area contributed by atoms with Crippen LogP contribution < -0.4 is 26.5 Å². The molecule has 4 rings (SSSR count). The maximum atomic E-state index is 14.7. The van der Waals surface area contributed by atoms with Crippen molar-refractivity contribution in [1.29, 1.82) is 0 Å². The Morgan fingerprint density at radius 1 is 0.857 bits per heavy atom. The highest BCUT2D eigenvalue weighted by molar-refractivity contribution is 6.01. The van der Waals surface area contributed by atoms with Crippen LogP contribution in [0.25, 0.3) is 11.1 Å². The van der Waals surface area contributed by atoms with Crippen LogP contribution in [0, 0.1) is 11.6 Å². The average Bonchev–Trinajstić information content (AvgIpc) is 3.52. The molecule has 1 aliphatic rings. The SMILES string of the molecule is CCCCCCCCOc1c2c(cc(-c3ccoc3)c1OC)C(CCCCCC)=[N+](Cc1cc(F)ccc1F)CC2.[Br-]. The maximum absolute atomic E-state index is 14.7. The third-order valence-corrected chi connectivity index (χ3v) is 8.08. The van der Waals surface area contributed by atoms with Crippen LogP contribution in [0.15, 0.2) is 47.3 Å². The molecule has 0 fully saturated rings. The van der Waals surface area contributed by atoms with Crippen LogP contribution in [0.5, 0.6) is 11.5 Å². The Kier molecular flexibility index (Phi) is 14.1. The van der Waals surface area contributed by atoms with E-state index in [1.807, 2.05) is 6.07 Å². The minimum Gasteiger partial charge on any atom is -1.00 e. The summed E-state index contributed by atoms with van der Waals surface area (Å²) in [4.78, 5) is 0. The number of rotatable bonds is 17. The Balaban J connectivity index is 0.00000484. The van der Waals surface area contributed by atoms with Crippen molar-refractivity contribution in [2.24, 2.45) is 0 Å². The zero-order chi connectivity index (χ0) is 29.0. The van der Waals surface area contributed by atoms with E-state index in [2.05, 4.69) is 24.5 Å². The van der Waals surface area contributed by atoms with Crippen LogP contribution in [0.1, 0.15) is 101 Å². The molecule has 0 saturated heterocycles. The molecule has 1 aliphatic heterocycles. The second kappa shape index (κ2) is 17.4. The standard InChI is InChI=1S/C35H46F2NO3.BrH/c1-4-6-8-10-11-13-20-41-35-29-17-19-38(24-27-22-28(36)15-16-32(27)37)33(14-12-9-7-5-2)31(29)23-30(34(35)39-3)26-18-21-40-25-26;/h15-16,18,21-23,25H,4-14,17,19-20,24H2,1-3H3;1H/q+1;/p-1. The van der Waals surface area contributed by atoms with Crippen molar-refractivity contribution in [2.75, 3.05) is 20.3 Å². The number of nitrogens with zero attached hydrogens (tertiary/aromatic N) is 1. The van der Waals surface area contributed by atoms with Gasteiger partial charge in [0.2, 0.25) is 0 Å². The molecule has 42 heavy (non-hydrogen) atoms. The van der Waals surface area contributed by atoms with Crippen LogP contribution in [0.2, 0.25) is 0 Å². The van der Waals surface area contributed by atoms with E-state index in [4.69, 9.17) is 13.9 Å². The lowest BCUT2D eigenvalue weighted by molar-refractivity contribution is -0.546. The normalized spacial score (nSPS) is 12.7. The summed E-state index contributed by atoms with van der Waals surface area (Å²) in [6, 6.07) is 7.83. The highest BCUT2D eigenvalue weighted by Gasteiger charge is 2.32. The van der Waals surface area contributed by atoms with E-state index in [1.165, 1.54) is 50.3 Å². The first-order valence-electron chi connectivity index (χ1n) is 15.5. The lowest BCUT2D eigenvalue weighted by Crippen LogP contribution is -3.00. The number of furan rings is 1. The molecular weight excluding hydrogens is 600 g/mol. The molecular formula is C35H46BrF2NO3. The van der Waals surface area contributed by atoms with Crippen LogP contribution in [-0.4, -0.2) is 30.5 Å². The molecule has 0 unspecified atom stereocenters. The molecule has 0 saturated carbocycles. The summed E-state index contributed by atoms with van der Waals surface area (Å²) in [5.41, 5.74) is 5.63. The number of halogens is 3. The zero-order valence-electron chi connectivity index (χ0n) is 25.5. The number of hydrogen-bond acceptors (Lipinski definition) is 3. The maximum Gasteiger partial charge on any atom is 0.184 e. The Morgan fingerprint density at radius 2 is 1.60 bits per heavy atom. The van der Waals surface area contributed by atoms with Gasteiger partial charge in [-0.3, -0.25) is 0 Å². The van der Waals surface area contributed by atoms with Crippen LogP contribution in [0.3, 0.4) is 0 Å². The summed E-state index contributed by atoms with van der Waals surface area (Å²) in [5, 5.41) is 0. The molecule has 230 valence electrons. The number of hydrogen-bond donors (Lipinski definition) is 0. The van der Waals surface area contributed by atoms with Gasteiger partial charge in [-0.05, 0) is 43.2 Å². The van der Waals surface area contributed by atoms with Gasteiger partial charge in [-0.15, -0.1) is 0 Å². The fourth-order valence-corrected chi connectivity index (χ4v) is 5.84. The molecule has 2 aromatic carbocycles. The third-order valence-electron chi connectivity index (χ3n) is 8.08. The Bertz CT molecular complexity index is 1290. The molecule has 4 nitrogen and oxygen atoms in total. The summed E-state index contributed by atoms with van der Waals surface area (Å²) in [6.45, 7) is 6.10. The second-order valence-electron chi connectivity index (χ2n) is 11.1. The van der Waals surface area contributed by atoms with Crippen molar-refractivity contribution >= 4 is 5.71 Å². The van der Waals surface area contributed by atoms with Crippen molar-refractivity contribution < 1.29 is 44.2 Å². The first-order valence-corrected chi connectivity index (χ1v) is 15.5. The fourth-order valence-electron chi connectivity index (χ4n) is 5.84. The predicted molar refractivity (Wildman–Crippen MR) is 161 cm³/mol. The minimum atomic E-state index is -0.416. The Labute approximate surface area is 260 Å². The van der Waals surface area contributed by atoms with Gasteiger partial charge in [0.05, 0.1) is 31.8 Å². The first kappa shape index (κ1) is 33.8. The van der Waals surface area contributed by atoms with E-state index < -0.39 is 5.82 Å². The summed E-state index contributed by atoms with van der Waals surface area (Å²) in [7, 11) is 1.69. The number of ether oxygens (including phenoxy) is 2. The average molecular weight is 647 g/mol. The molecule has 2 heterocycles. The summed E-state index contributed by atoms with van der Waals surface area (Å²) in [6.07, 6.45) is 16.6. The van der Waals surface area contributed by atoms with Gasteiger partial charge in [0.1, 0.15) is 18.2 Å². The highest BCUT2D eigenvalue weighted by atomic mass is 79.9. The van der Waals surface area contributed by atoms with E-state index in [-0.39, 0.29) is 22.8 Å². The van der Waals surface area contributed by atoms with E-state index in [9.17, 15) is 8.78 Å². The van der Waals surface area contributed by atoms with Crippen LogP contribution >= 0.6 is 0 Å². The monoisotopic (exact) mass is 645 g/mol. The smallest absolute Gasteiger partial charge is 0.184 e. The van der Waals surface area contributed by atoms with Crippen LogP contribution in [0.4, 0.5) is 8.78 Å². The number of unbranched alkanes of at least 4 members (excludes halogenated alkanes) is 8. The van der Waals surface area contributed by atoms with Gasteiger partial charge in [-0.2, -0.15) is 0 Å². The third kappa shape index (κ3) is 8.68. The number of benzene rings is 2. The van der Waals surface area contributed by atoms with Crippen molar-refractivity contribution in [3.8, 4) is 22.6 Å². The molecule has 0 radical (unpaired) electrons. The molecule has 3 aromatic rings. The molecule has 0 aliphatic carbocycles. The zero-order valence-corrected chi connectivity index (χ0v) is 27.0. The minimum absolute atomic E-state index is 0. The van der Waals surface area contributed by atoms with Gasteiger partial charge >= 0.3 is 0 Å². The Morgan fingerprint density at radius 3 is 2.31 bits per heavy atom. The van der Waals surface area contributed by atoms with Gasteiger partial charge in [0, 0.05) is 35.1 Å². The predicted octanol–water partition coefficient (Wildman–Crippen LogP) is 6.51. The van der Waals surface area contributed by atoms with Crippen molar-refractivity contribution in [3.05, 3.63) is 71.2 Å². The van der Waals surface area contributed by atoms with Crippen molar-refractivity contribution in [2.45, 2.75) is 97.4 Å². The number of fused-ring (bicyclic) bond motifs is 1. The van der Waals surface area contributed by atoms with E-state index >= 15 is 0 Å². The fraction of sp³-hybridized carbons (Fsp3) is 0.514. The van der Waals surface area contributed by atoms with Crippen molar-refractivity contribution in [3.63, 3.8) is 0 Å². The van der Waals surface area contributed by atoms with E-state index in [0.717, 1.165) is 84.4 Å². The van der Waals surface area contributed by atoms with E-state index in [0.29, 0.717) is 25.3 Å². The lowest BCUT2D eigenvalue weighted by atomic mass is 9.88. The highest BCUT2D eigenvalue weighted by Crippen LogP contribution is 2.44. The molecule has 0 spiro atoms. The molecule has 1 aromatic heterocycles. The van der Waals surface area contributed by atoms with Gasteiger partial charge < -0.3 is 30.9 Å². The summed E-state index contributed by atoms with van der Waals surface area (Å²) < 4.78 is 49.0. The largest absolute Gasteiger partial charge is 1.00 e. The molecule has 0 atom stereocenters. The lowest BCUT2D eigenvalue weighted by Gasteiger charge is -2.25. The summed E-state index contributed by atoms with van der Waals surface area (Å²) >= 11 is 0. The van der Waals surface area contributed by atoms with Gasteiger partial charge in [0.15, 0.2) is 23.8 Å². The van der Waals surface area contributed by atoms with Crippen molar-refractivity contribution in [1.82, 2.24) is 0 Å². The quantitative estimate of drug-likeness (QED) is 0.124. The van der Waals surface area contributed by atoms with Crippen LogP contribution in [-0.2, 0) is 13.0 Å². The van der Waals surface area contributed by atoms with E-state index in [1.54, 1.807) is 19.6 Å². The molecule has 0 amide bonds.